The minimum Gasteiger partial charge on any atom is -0.407 e. The van der Waals surface area contributed by atoms with E-state index in [-0.39, 0.29) is 5.60 Å². The molecule has 0 heterocycles. The fourth-order valence-electron chi connectivity index (χ4n) is 1.11. The summed E-state index contributed by atoms with van der Waals surface area (Å²) in [5, 5.41) is 0. The summed E-state index contributed by atoms with van der Waals surface area (Å²) in [6, 6.07) is 5.17. The third-order valence-corrected chi connectivity index (χ3v) is 1.84. The summed E-state index contributed by atoms with van der Waals surface area (Å²) in [6.07, 6.45) is 0. The van der Waals surface area contributed by atoms with Gasteiger partial charge in [-0.1, -0.05) is 24.3 Å². The van der Waals surface area contributed by atoms with Crippen LogP contribution >= 0.6 is 0 Å². The maximum Gasteiger partial charge on any atom is 0.430 e. The Morgan fingerprint density at radius 1 is 1.54 bits per heavy atom. The molecule has 0 aliphatic heterocycles. The standard InChI is InChI=1S/C9H12BFN2/c1-6-3-4-9(13)8(5-6)10(11)7(2)12/h3-5H,2,12-13H2,1H3. The molecule has 0 saturated carbocycles. The fourth-order valence-corrected chi connectivity index (χ4v) is 1.11. The van der Waals surface area contributed by atoms with Gasteiger partial charge in [0, 0.05) is 11.3 Å². The van der Waals surface area contributed by atoms with E-state index < -0.39 is 6.99 Å². The fraction of sp³-hybridized carbons (Fsp3) is 0.111. The van der Waals surface area contributed by atoms with E-state index in [1.54, 1.807) is 12.1 Å². The van der Waals surface area contributed by atoms with E-state index in [1.165, 1.54) is 0 Å². The molecule has 1 aromatic rings. The summed E-state index contributed by atoms with van der Waals surface area (Å²) in [7, 11) is 0. The van der Waals surface area contributed by atoms with Crippen LogP contribution in [-0.2, 0) is 0 Å². The van der Waals surface area contributed by atoms with Gasteiger partial charge in [-0.05, 0) is 18.5 Å². The lowest BCUT2D eigenvalue weighted by atomic mass is 9.61. The van der Waals surface area contributed by atoms with Crippen molar-refractivity contribution in [3.8, 4) is 0 Å². The Labute approximate surface area is 77.6 Å². The number of rotatable bonds is 2. The van der Waals surface area contributed by atoms with Crippen molar-refractivity contribution in [1.82, 2.24) is 0 Å². The third-order valence-electron chi connectivity index (χ3n) is 1.84. The van der Waals surface area contributed by atoms with Crippen LogP contribution in [0.3, 0.4) is 0 Å². The first-order valence-corrected chi connectivity index (χ1v) is 3.96. The van der Waals surface area contributed by atoms with E-state index in [4.69, 9.17) is 11.5 Å². The van der Waals surface area contributed by atoms with Crippen molar-refractivity contribution in [1.29, 1.82) is 0 Å². The molecule has 1 aromatic carbocycles. The van der Waals surface area contributed by atoms with Crippen molar-refractivity contribution in [3.63, 3.8) is 0 Å². The molecule has 0 aromatic heterocycles. The summed E-state index contributed by atoms with van der Waals surface area (Å²) in [4.78, 5) is 0. The van der Waals surface area contributed by atoms with Gasteiger partial charge in [0.25, 0.3) is 0 Å². The summed E-state index contributed by atoms with van der Waals surface area (Å²) >= 11 is 0. The molecule has 2 nitrogen and oxygen atoms in total. The van der Waals surface area contributed by atoms with E-state index >= 15 is 0 Å². The minimum absolute atomic E-state index is 0.0164. The van der Waals surface area contributed by atoms with Crippen LogP contribution in [0.1, 0.15) is 5.56 Å². The van der Waals surface area contributed by atoms with Gasteiger partial charge in [0.15, 0.2) is 0 Å². The highest BCUT2D eigenvalue weighted by Gasteiger charge is 2.21. The molecule has 0 amide bonds. The van der Waals surface area contributed by atoms with E-state index in [0.29, 0.717) is 11.2 Å². The van der Waals surface area contributed by atoms with Crippen molar-refractivity contribution < 1.29 is 4.32 Å². The maximum absolute atomic E-state index is 13.4. The van der Waals surface area contributed by atoms with Gasteiger partial charge in [-0.15, -0.1) is 0 Å². The van der Waals surface area contributed by atoms with Gasteiger partial charge in [-0.25, -0.2) is 0 Å². The second-order valence-corrected chi connectivity index (χ2v) is 3.07. The Morgan fingerprint density at radius 2 is 2.15 bits per heavy atom. The molecule has 0 aliphatic rings. The van der Waals surface area contributed by atoms with Crippen LogP contribution in [0.25, 0.3) is 0 Å². The lowest BCUT2D eigenvalue weighted by Gasteiger charge is -2.08. The van der Waals surface area contributed by atoms with Crippen molar-refractivity contribution in [3.05, 3.63) is 35.9 Å². The first-order valence-electron chi connectivity index (χ1n) is 3.96. The van der Waals surface area contributed by atoms with Gasteiger partial charge in [0.2, 0.25) is 0 Å². The smallest absolute Gasteiger partial charge is 0.407 e. The highest BCUT2D eigenvalue weighted by Crippen LogP contribution is 2.06. The van der Waals surface area contributed by atoms with Crippen molar-refractivity contribution in [2.75, 3.05) is 5.73 Å². The summed E-state index contributed by atoms with van der Waals surface area (Å²) in [5.41, 5.74) is 12.6. The zero-order valence-corrected chi connectivity index (χ0v) is 7.55. The molecule has 68 valence electrons. The molecule has 1 rings (SSSR count). The molecule has 0 fully saturated rings. The van der Waals surface area contributed by atoms with Crippen LogP contribution in [0.2, 0.25) is 0 Å². The zero-order chi connectivity index (χ0) is 10.0. The number of anilines is 1. The number of nitrogens with two attached hydrogens (primary N) is 2. The molecule has 0 bridgehead atoms. The lowest BCUT2D eigenvalue weighted by molar-refractivity contribution is 0.855. The number of aryl methyl sites for hydroxylation is 1. The predicted octanol–water partition coefficient (Wildman–Crippen LogP) is 0.757. The summed E-state index contributed by atoms with van der Waals surface area (Å²) < 4.78 is 13.4. The first-order chi connectivity index (χ1) is 6.02. The van der Waals surface area contributed by atoms with Crippen molar-refractivity contribution in [2.45, 2.75) is 6.92 Å². The Hall–Kier alpha value is -1.45. The highest BCUT2D eigenvalue weighted by molar-refractivity contribution is 6.74. The van der Waals surface area contributed by atoms with Gasteiger partial charge < -0.3 is 15.8 Å². The second kappa shape index (κ2) is 3.52. The molecule has 4 heteroatoms. The quantitative estimate of drug-likeness (QED) is 0.518. The van der Waals surface area contributed by atoms with Crippen molar-refractivity contribution >= 4 is 18.1 Å². The van der Waals surface area contributed by atoms with Crippen LogP contribution < -0.4 is 16.9 Å². The molecule has 4 N–H and O–H groups in total. The third kappa shape index (κ3) is 2.02. The molecule has 0 unspecified atom stereocenters. The number of benzene rings is 1. The van der Waals surface area contributed by atoms with E-state index in [0.717, 1.165) is 5.56 Å². The summed E-state index contributed by atoms with van der Waals surface area (Å²) in [5.74, 6) is 0. The molecular formula is C9H12BFN2. The van der Waals surface area contributed by atoms with Crippen LogP contribution in [-0.4, -0.2) is 6.99 Å². The van der Waals surface area contributed by atoms with Gasteiger partial charge in [0.05, 0.1) is 0 Å². The van der Waals surface area contributed by atoms with Gasteiger partial charge in [-0.2, -0.15) is 0 Å². The lowest BCUT2D eigenvalue weighted by Crippen LogP contribution is -2.33. The molecule has 0 radical (unpaired) electrons. The molecule has 0 aliphatic carbocycles. The normalized spacial score (nSPS) is 9.69. The maximum atomic E-state index is 13.4. The van der Waals surface area contributed by atoms with Gasteiger partial charge in [-0.3, -0.25) is 0 Å². The van der Waals surface area contributed by atoms with Crippen LogP contribution in [0.5, 0.6) is 0 Å². The highest BCUT2D eigenvalue weighted by atomic mass is 19.1. The van der Waals surface area contributed by atoms with E-state index in [2.05, 4.69) is 6.58 Å². The second-order valence-electron chi connectivity index (χ2n) is 3.07. The molecule has 0 atom stereocenters. The minimum atomic E-state index is -1.38. The Bertz CT molecular complexity index is 338. The van der Waals surface area contributed by atoms with Crippen LogP contribution in [0.4, 0.5) is 10.0 Å². The molecular weight excluding hydrogens is 166 g/mol. The average molecular weight is 178 g/mol. The Balaban J connectivity index is 3.12. The number of nitrogen functional groups attached to an aromatic ring is 1. The molecule has 0 saturated heterocycles. The van der Waals surface area contributed by atoms with E-state index in [9.17, 15) is 4.32 Å². The largest absolute Gasteiger partial charge is 0.430 e. The SMILES string of the molecule is C=C(N)B(F)c1cc(C)ccc1N. The first kappa shape index (κ1) is 9.64. The van der Waals surface area contributed by atoms with E-state index in [1.807, 2.05) is 13.0 Å². The zero-order valence-electron chi connectivity index (χ0n) is 7.55. The van der Waals surface area contributed by atoms with Gasteiger partial charge >= 0.3 is 6.99 Å². The topological polar surface area (TPSA) is 52.0 Å². The Morgan fingerprint density at radius 3 is 2.69 bits per heavy atom. The monoisotopic (exact) mass is 178 g/mol. The average Bonchev–Trinajstić information content (AvgIpc) is 2.08. The van der Waals surface area contributed by atoms with Crippen molar-refractivity contribution in [2.24, 2.45) is 5.73 Å². The Kier molecular flexibility index (Phi) is 2.61. The molecule has 13 heavy (non-hydrogen) atoms. The predicted molar refractivity (Wildman–Crippen MR) is 55.4 cm³/mol. The summed E-state index contributed by atoms with van der Waals surface area (Å²) in [6.45, 7) is 3.84. The number of hydrogen-bond acceptors (Lipinski definition) is 2. The molecule has 0 spiro atoms. The number of halogens is 1. The van der Waals surface area contributed by atoms with Gasteiger partial charge in [0.1, 0.15) is 0 Å². The van der Waals surface area contributed by atoms with Crippen LogP contribution in [0.15, 0.2) is 30.4 Å². The van der Waals surface area contributed by atoms with Crippen LogP contribution in [0, 0.1) is 6.92 Å². The number of hydrogen-bond donors (Lipinski definition) is 2.